The standard InChI is InChI=1S/C24H31ClN4O3S/c1-14(29-6-2-3-15(12-29)24(30)31)21-13-33-23(28-21)20-10-16-9-17(25)11-19(22(16)27-20)26-18-4-7-32-8-5-18/h9-11,14-15,18,21,26-27H,2-8,12-13H2,1H3,(H,30,31)/t14?,15-,21?/m0/s1. The number of ether oxygens (including phenoxy) is 1. The van der Waals surface area contributed by atoms with E-state index < -0.39 is 5.97 Å². The molecule has 0 bridgehead atoms. The maximum Gasteiger partial charge on any atom is 0.307 e. The van der Waals surface area contributed by atoms with Gasteiger partial charge in [-0.1, -0.05) is 11.6 Å². The summed E-state index contributed by atoms with van der Waals surface area (Å²) >= 11 is 8.20. The van der Waals surface area contributed by atoms with E-state index in [4.69, 9.17) is 21.3 Å². The quantitative estimate of drug-likeness (QED) is 0.554. The molecule has 0 spiro atoms. The summed E-state index contributed by atoms with van der Waals surface area (Å²) < 4.78 is 5.49. The van der Waals surface area contributed by atoms with Crippen LogP contribution in [-0.2, 0) is 9.53 Å². The molecular weight excluding hydrogens is 460 g/mol. The van der Waals surface area contributed by atoms with Gasteiger partial charge in [0.05, 0.1) is 28.9 Å². The molecule has 0 aliphatic carbocycles. The number of thioether (sulfide) groups is 1. The number of piperidine rings is 1. The first-order chi connectivity index (χ1) is 16.0. The van der Waals surface area contributed by atoms with E-state index in [0.29, 0.717) is 17.6 Å². The highest BCUT2D eigenvalue weighted by Crippen LogP contribution is 2.34. The summed E-state index contributed by atoms with van der Waals surface area (Å²) in [5.41, 5.74) is 3.10. The van der Waals surface area contributed by atoms with Crippen LogP contribution in [0.3, 0.4) is 0 Å². The lowest BCUT2D eigenvalue weighted by molar-refractivity contribution is -0.143. The molecule has 0 saturated carbocycles. The van der Waals surface area contributed by atoms with Crippen molar-refractivity contribution in [1.82, 2.24) is 9.88 Å². The SMILES string of the molecule is CC(C1CSC(c2cc3cc(Cl)cc(NC4CCOCC4)c3[nH]2)=N1)N1CCC[C@H](C(=O)O)C1. The molecule has 1 aromatic carbocycles. The number of fused-ring (bicyclic) bond motifs is 1. The molecule has 7 nitrogen and oxygen atoms in total. The molecule has 3 atom stereocenters. The Kier molecular flexibility index (Phi) is 6.88. The molecule has 2 fully saturated rings. The van der Waals surface area contributed by atoms with Crippen LogP contribution in [0.15, 0.2) is 23.2 Å². The summed E-state index contributed by atoms with van der Waals surface area (Å²) in [6, 6.07) is 6.88. The maximum atomic E-state index is 11.5. The monoisotopic (exact) mass is 490 g/mol. The Labute approximate surface area is 203 Å². The lowest BCUT2D eigenvalue weighted by atomic mass is 9.96. The molecular formula is C24H31ClN4O3S. The summed E-state index contributed by atoms with van der Waals surface area (Å²) in [6.45, 7) is 5.32. The number of nitrogens with one attached hydrogen (secondary N) is 2. The zero-order valence-corrected chi connectivity index (χ0v) is 20.4. The highest BCUT2D eigenvalue weighted by Gasteiger charge is 2.33. The lowest BCUT2D eigenvalue weighted by Gasteiger charge is -2.36. The Morgan fingerprint density at radius 3 is 2.94 bits per heavy atom. The molecule has 9 heteroatoms. The smallest absolute Gasteiger partial charge is 0.307 e. The van der Waals surface area contributed by atoms with Crippen molar-refractivity contribution in [3.63, 3.8) is 0 Å². The van der Waals surface area contributed by atoms with Gasteiger partial charge in [-0.05, 0) is 57.4 Å². The fourth-order valence-electron chi connectivity index (χ4n) is 5.10. The van der Waals surface area contributed by atoms with E-state index in [9.17, 15) is 9.90 Å². The van der Waals surface area contributed by atoms with Crippen LogP contribution in [0.5, 0.6) is 0 Å². The molecule has 0 radical (unpaired) electrons. The molecule has 3 aliphatic heterocycles. The third-order valence-corrected chi connectivity index (χ3v) is 8.44. The Balaban J connectivity index is 1.34. The van der Waals surface area contributed by atoms with Gasteiger partial charge in [0.2, 0.25) is 0 Å². The third-order valence-electron chi connectivity index (χ3n) is 7.11. The first kappa shape index (κ1) is 23.0. The predicted molar refractivity (Wildman–Crippen MR) is 135 cm³/mol. The largest absolute Gasteiger partial charge is 0.481 e. The zero-order valence-electron chi connectivity index (χ0n) is 18.8. The van der Waals surface area contributed by atoms with E-state index in [-0.39, 0.29) is 18.0 Å². The number of halogens is 1. The van der Waals surface area contributed by atoms with Crippen molar-refractivity contribution in [3.05, 3.63) is 28.9 Å². The van der Waals surface area contributed by atoms with Crippen LogP contribution in [0.1, 0.15) is 38.3 Å². The van der Waals surface area contributed by atoms with Crippen LogP contribution in [0.25, 0.3) is 10.9 Å². The average molecular weight is 491 g/mol. The number of aliphatic imine (C=N–C) groups is 1. The number of H-pyrrole nitrogens is 1. The molecule has 0 amide bonds. The molecule has 4 heterocycles. The summed E-state index contributed by atoms with van der Waals surface area (Å²) in [6.07, 6.45) is 3.68. The number of aliphatic carboxylic acids is 1. The van der Waals surface area contributed by atoms with Gasteiger partial charge < -0.3 is 20.1 Å². The molecule has 33 heavy (non-hydrogen) atoms. The van der Waals surface area contributed by atoms with Crippen LogP contribution in [0, 0.1) is 5.92 Å². The molecule has 2 unspecified atom stereocenters. The van der Waals surface area contributed by atoms with Gasteiger partial charge in [-0.15, -0.1) is 11.8 Å². The number of aromatic nitrogens is 1. The second-order valence-corrected chi connectivity index (χ2v) is 10.8. The number of benzene rings is 1. The van der Waals surface area contributed by atoms with Crippen molar-refractivity contribution in [2.75, 3.05) is 37.4 Å². The van der Waals surface area contributed by atoms with Crippen molar-refractivity contribution in [2.45, 2.75) is 50.7 Å². The highest BCUT2D eigenvalue weighted by atomic mass is 35.5. The van der Waals surface area contributed by atoms with Gasteiger partial charge in [-0.25, -0.2) is 0 Å². The second kappa shape index (κ2) is 9.86. The maximum absolute atomic E-state index is 11.5. The van der Waals surface area contributed by atoms with Crippen LogP contribution >= 0.6 is 23.4 Å². The van der Waals surface area contributed by atoms with Crippen LogP contribution in [0.2, 0.25) is 5.02 Å². The van der Waals surface area contributed by atoms with Gasteiger partial charge >= 0.3 is 5.97 Å². The number of rotatable bonds is 6. The van der Waals surface area contributed by atoms with E-state index in [2.05, 4.69) is 28.2 Å². The minimum Gasteiger partial charge on any atom is -0.481 e. The van der Waals surface area contributed by atoms with E-state index in [1.54, 1.807) is 11.8 Å². The lowest BCUT2D eigenvalue weighted by Crippen LogP contribution is -2.48. The number of hydrogen-bond acceptors (Lipinski definition) is 6. The van der Waals surface area contributed by atoms with Gasteiger partial charge in [-0.2, -0.15) is 0 Å². The Morgan fingerprint density at radius 1 is 1.33 bits per heavy atom. The van der Waals surface area contributed by atoms with E-state index in [0.717, 1.165) is 78.5 Å². The van der Waals surface area contributed by atoms with Gasteiger partial charge in [0, 0.05) is 48.0 Å². The number of carboxylic acid groups (broad SMARTS) is 1. The van der Waals surface area contributed by atoms with Gasteiger partial charge in [0.1, 0.15) is 5.04 Å². The van der Waals surface area contributed by atoms with Crippen molar-refractivity contribution in [1.29, 1.82) is 0 Å². The Morgan fingerprint density at radius 2 is 2.15 bits per heavy atom. The number of anilines is 1. The predicted octanol–water partition coefficient (Wildman–Crippen LogP) is 4.46. The summed E-state index contributed by atoms with van der Waals surface area (Å²) in [4.78, 5) is 22.4. The molecule has 3 N–H and O–H groups in total. The first-order valence-electron chi connectivity index (χ1n) is 11.8. The first-order valence-corrected chi connectivity index (χ1v) is 13.2. The third kappa shape index (κ3) is 5.04. The summed E-state index contributed by atoms with van der Waals surface area (Å²) in [5.74, 6) is -0.0359. The fraction of sp³-hybridized carbons (Fsp3) is 0.583. The van der Waals surface area contributed by atoms with Crippen molar-refractivity contribution in [3.8, 4) is 0 Å². The Bertz CT molecular complexity index is 1050. The van der Waals surface area contributed by atoms with Crippen LogP contribution < -0.4 is 5.32 Å². The number of aromatic amines is 1. The number of carbonyl (C=O) groups is 1. The van der Waals surface area contributed by atoms with Crippen molar-refractivity contribution in [2.24, 2.45) is 10.9 Å². The van der Waals surface area contributed by atoms with Crippen molar-refractivity contribution < 1.29 is 14.6 Å². The topological polar surface area (TPSA) is 90.0 Å². The molecule has 5 rings (SSSR count). The fourth-order valence-corrected chi connectivity index (χ4v) is 6.49. The molecule has 2 aromatic rings. The molecule has 178 valence electrons. The van der Waals surface area contributed by atoms with E-state index in [1.807, 2.05) is 12.1 Å². The Hall–Kier alpha value is -1.74. The normalized spacial score (nSPS) is 25.8. The summed E-state index contributed by atoms with van der Waals surface area (Å²) in [5, 5.41) is 15.9. The number of carboxylic acids is 1. The number of likely N-dealkylation sites (tertiary alicyclic amines) is 1. The number of hydrogen-bond donors (Lipinski definition) is 3. The van der Waals surface area contributed by atoms with Crippen LogP contribution in [-0.4, -0.2) is 76.2 Å². The van der Waals surface area contributed by atoms with E-state index >= 15 is 0 Å². The second-order valence-electron chi connectivity index (χ2n) is 9.36. The van der Waals surface area contributed by atoms with Gasteiger partial charge in [0.15, 0.2) is 0 Å². The summed E-state index contributed by atoms with van der Waals surface area (Å²) in [7, 11) is 0. The van der Waals surface area contributed by atoms with E-state index in [1.165, 1.54) is 0 Å². The molecule has 2 saturated heterocycles. The van der Waals surface area contributed by atoms with Gasteiger partial charge in [-0.3, -0.25) is 14.7 Å². The van der Waals surface area contributed by atoms with Crippen molar-refractivity contribution >= 4 is 51.0 Å². The minimum absolute atomic E-state index is 0.160. The minimum atomic E-state index is -0.682. The zero-order chi connectivity index (χ0) is 22.9. The average Bonchev–Trinajstić information content (AvgIpc) is 3.47. The van der Waals surface area contributed by atoms with Crippen LogP contribution in [0.4, 0.5) is 5.69 Å². The van der Waals surface area contributed by atoms with Gasteiger partial charge in [0.25, 0.3) is 0 Å². The molecule has 3 aliphatic rings. The molecule has 1 aromatic heterocycles. The highest BCUT2D eigenvalue weighted by molar-refractivity contribution is 8.14. The number of nitrogens with zero attached hydrogens (tertiary/aromatic N) is 2.